The quantitative estimate of drug-likeness (QED) is 0.0993. The fourth-order valence-electron chi connectivity index (χ4n) is 5.02. The fourth-order valence-corrected chi connectivity index (χ4v) is 5.02. The fraction of sp³-hybridized carbons (Fsp3) is 0.564. The monoisotopic (exact) mass is 621 g/mol. The predicted molar refractivity (Wildman–Crippen MR) is 192 cm³/mol. The van der Waals surface area contributed by atoms with E-state index in [1.54, 1.807) is 20.8 Å². The molecule has 1 aliphatic rings. The van der Waals surface area contributed by atoms with Gasteiger partial charge in [-0.2, -0.15) is 5.26 Å². The summed E-state index contributed by atoms with van der Waals surface area (Å²) in [4.78, 5) is 4.51. The highest BCUT2D eigenvalue weighted by Gasteiger charge is 2.41. The van der Waals surface area contributed by atoms with E-state index < -0.39 is 5.82 Å². The van der Waals surface area contributed by atoms with Gasteiger partial charge in [-0.25, -0.2) is 9.38 Å². The smallest absolute Gasteiger partial charge is 0.185 e. The topological polar surface area (TPSA) is 89.5 Å². The number of allylic oxidation sites excluding steroid dienone is 6. The van der Waals surface area contributed by atoms with Crippen molar-refractivity contribution in [3.63, 3.8) is 0 Å². The molecule has 0 amide bonds. The molecule has 0 spiro atoms. The number of aliphatic imine (C=N–C) groups is 1. The molecule has 1 aliphatic carbocycles. The number of aliphatic hydroxyl groups is 1. The van der Waals surface area contributed by atoms with E-state index in [0.717, 1.165) is 30.4 Å². The first-order valence-corrected chi connectivity index (χ1v) is 16.7. The molecule has 0 radical (unpaired) electrons. The van der Waals surface area contributed by atoms with Crippen molar-refractivity contribution in [2.24, 2.45) is 10.4 Å². The summed E-state index contributed by atoms with van der Waals surface area (Å²) in [5.74, 6) is -0.371. The molecular weight excluding hydrogens is 561 g/mol. The molecule has 6 heteroatoms. The van der Waals surface area contributed by atoms with Crippen molar-refractivity contribution in [3.8, 4) is 6.07 Å². The minimum Gasteiger partial charge on any atom is -0.480 e. The average molecular weight is 622 g/mol. The van der Waals surface area contributed by atoms with Crippen LogP contribution in [0.2, 0.25) is 0 Å². The van der Waals surface area contributed by atoms with Crippen LogP contribution >= 0.6 is 0 Å². The molecule has 0 atom stereocenters. The molecular formula is C39H60FN3O2. The number of benzene rings is 1. The number of aliphatic hydroxyl groups excluding tert-OH is 1. The third kappa shape index (κ3) is 10.9. The zero-order chi connectivity index (χ0) is 34.9. The van der Waals surface area contributed by atoms with Gasteiger partial charge in [-0.1, -0.05) is 90.7 Å². The van der Waals surface area contributed by atoms with Crippen LogP contribution in [0.1, 0.15) is 144 Å². The van der Waals surface area contributed by atoms with Crippen LogP contribution < -0.4 is 0 Å². The van der Waals surface area contributed by atoms with Gasteiger partial charge in [-0.15, -0.1) is 0 Å². The Morgan fingerprint density at radius 1 is 1.09 bits per heavy atom. The molecule has 1 saturated carbocycles. The van der Waals surface area contributed by atoms with Gasteiger partial charge in [0.25, 0.3) is 0 Å². The predicted octanol–water partition coefficient (Wildman–Crippen LogP) is 11.5. The van der Waals surface area contributed by atoms with Gasteiger partial charge in [0.15, 0.2) is 11.7 Å². The summed E-state index contributed by atoms with van der Waals surface area (Å²) in [6, 6.07) is 2.23. The number of halogens is 1. The number of nitriles is 1. The van der Waals surface area contributed by atoms with Crippen molar-refractivity contribution < 1.29 is 14.2 Å². The summed E-state index contributed by atoms with van der Waals surface area (Å²) in [7, 11) is 0. The van der Waals surface area contributed by atoms with Crippen LogP contribution in [-0.2, 0) is 17.8 Å². The maximum absolute atomic E-state index is 16.6. The van der Waals surface area contributed by atoms with Gasteiger partial charge in [0, 0.05) is 29.0 Å². The van der Waals surface area contributed by atoms with E-state index in [4.69, 9.17) is 4.74 Å². The molecule has 0 aromatic heterocycles. The molecule has 0 saturated heterocycles. The van der Waals surface area contributed by atoms with E-state index in [0.29, 0.717) is 52.3 Å². The van der Waals surface area contributed by atoms with Crippen molar-refractivity contribution in [2.75, 3.05) is 6.61 Å². The summed E-state index contributed by atoms with van der Waals surface area (Å²) in [6.45, 7) is 27.4. The Hall–Kier alpha value is -3.30. The van der Waals surface area contributed by atoms with E-state index in [1.807, 2.05) is 47.6 Å². The van der Waals surface area contributed by atoms with Crippen LogP contribution in [0.5, 0.6) is 0 Å². The lowest BCUT2D eigenvalue weighted by Gasteiger charge is -2.22. The highest BCUT2D eigenvalue weighted by molar-refractivity contribution is 6.16. The van der Waals surface area contributed by atoms with Crippen molar-refractivity contribution >= 4 is 23.4 Å². The van der Waals surface area contributed by atoms with Crippen LogP contribution in [0.15, 0.2) is 45.5 Å². The standard InChI is InChI=1S/C32H42FN3O2.C5H12.C2H6/c1-10-20(7)21(8)27(25(16-34)19(5)6)30(35)28-23(11-2)26(17-37)24(12-3)31(29(28)33)36-22(9)38-18-32(13-4)14-15-32;1-3-5-4-2;1-2/h10,12,35,37H,3,11,13-15,17-18H2,1-2,4-9H3;3-5H2,1-2H3;1-2H3/b20-10-,27-21-,35-30?,36-22?;;. The minimum atomic E-state index is -0.687. The number of hydrogen-bond donors (Lipinski definition) is 2. The number of nitrogens with zero attached hydrogens (tertiary/aromatic N) is 2. The summed E-state index contributed by atoms with van der Waals surface area (Å²) in [5.41, 5.74) is 4.45. The van der Waals surface area contributed by atoms with E-state index in [9.17, 15) is 15.8 Å². The lowest BCUT2D eigenvalue weighted by molar-refractivity contribution is 0.217. The van der Waals surface area contributed by atoms with E-state index in [2.05, 4.69) is 38.4 Å². The Kier molecular flexibility index (Phi) is 19.2. The number of hydrogen-bond acceptors (Lipinski definition) is 5. The Morgan fingerprint density at radius 3 is 2.02 bits per heavy atom. The van der Waals surface area contributed by atoms with Crippen molar-refractivity contribution in [3.05, 3.63) is 68.6 Å². The van der Waals surface area contributed by atoms with Gasteiger partial charge < -0.3 is 9.84 Å². The summed E-state index contributed by atoms with van der Waals surface area (Å²) >= 11 is 0. The van der Waals surface area contributed by atoms with Crippen molar-refractivity contribution in [1.82, 2.24) is 0 Å². The van der Waals surface area contributed by atoms with Gasteiger partial charge in [0.2, 0.25) is 0 Å². The second kappa shape index (κ2) is 20.7. The molecule has 0 heterocycles. The lowest BCUT2D eigenvalue weighted by atomic mass is 9.83. The number of unbranched alkanes of at least 4 members (excludes halogenated alkanes) is 2. The van der Waals surface area contributed by atoms with Gasteiger partial charge in [0.05, 0.1) is 30.6 Å². The molecule has 1 aromatic carbocycles. The number of nitrogens with one attached hydrogen (secondary N) is 1. The van der Waals surface area contributed by atoms with Crippen LogP contribution in [0.4, 0.5) is 10.1 Å². The van der Waals surface area contributed by atoms with E-state index in [1.165, 1.54) is 25.3 Å². The van der Waals surface area contributed by atoms with Gasteiger partial charge >= 0.3 is 0 Å². The average Bonchev–Trinajstić information content (AvgIpc) is 3.83. The first kappa shape index (κ1) is 41.7. The molecule has 0 aliphatic heterocycles. The Labute approximate surface area is 274 Å². The molecule has 2 rings (SSSR count). The zero-order valence-corrected chi connectivity index (χ0v) is 30.4. The number of rotatable bonds is 13. The largest absolute Gasteiger partial charge is 0.480 e. The summed E-state index contributed by atoms with van der Waals surface area (Å²) in [5, 5.41) is 29.7. The maximum Gasteiger partial charge on any atom is 0.185 e. The number of ether oxygens (including phenoxy) is 1. The first-order chi connectivity index (χ1) is 21.4. The van der Waals surface area contributed by atoms with Crippen LogP contribution in [0.3, 0.4) is 0 Å². The van der Waals surface area contributed by atoms with Crippen molar-refractivity contribution in [1.29, 1.82) is 10.7 Å². The Bertz CT molecular complexity index is 1330. The third-order valence-corrected chi connectivity index (χ3v) is 8.42. The highest BCUT2D eigenvalue weighted by Crippen LogP contribution is 2.48. The molecule has 1 aromatic rings. The van der Waals surface area contributed by atoms with Crippen molar-refractivity contribution in [2.45, 2.75) is 135 Å². The summed E-state index contributed by atoms with van der Waals surface area (Å²) < 4.78 is 22.5. The van der Waals surface area contributed by atoms with E-state index >= 15 is 4.39 Å². The minimum absolute atomic E-state index is 0.0182. The van der Waals surface area contributed by atoms with E-state index in [-0.39, 0.29) is 29.0 Å². The zero-order valence-electron chi connectivity index (χ0n) is 30.4. The van der Waals surface area contributed by atoms with Crippen LogP contribution in [-0.4, -0.2) is 23.3 Å². The van der Waals surface area contributed by atoms with Gasteiger partial charge in [0.1, 0.15) is 5.69 Å². The molecule has 45 heavy (non-hydrogen) atoms. The second-order valence-corrected chi connectivity index (χ2v) is 11.6. The molecule has 0 bridgehead atoms. The second-order valence-electron chi connectivity index (χ2n) is 11.6. The third-order valence-electron chi connectivity index (χ3n) is 8.42. The lowest BCUT2D eigenvalue weighted by Crippen LogP contribution is -2.17. The molecule has 2 N–H and O–H groups in total. The first-order valence-electron chi connectivity index (χ1n) is 16.7. The highest BCUT2D eigenvalue weighted by atomic mass is 19.1. The molecule has 5 nitrogen and oxygen atoms in total. The molecule has 250 valence electrons. The normalized spacial score (nSPS) is 14.1. The van der Waals surface area contributed by atoms with Gasteiger partial charge in [-0.3, -0.25) is 5.41 Å². The Morgan fingerprint density at radius 2 is 1.67 bits per heavy atom. The maximum atomic E-state index is 16.6. The summed E-state index contributed by atoms with van der Waals surface area (Å²) in [6.07, 6.45) is 11.1. The van der Waals surface area contributed by atoms with Crippen LogP contribution in [0, 0.1) is 28.0 Å². The van der Waals surface area contributed by atoms with Gasteiger partial charge in [-0.05, 0) is 77.0 Å². The SMILES string of the molecule is C=Cc1c(CO)c(CC)c(C(=N)/C(C(C#N)=C(C)C)=C(C)\C(C)=C/C)c(F)c1N=C(C)OCC1(CC)CC1.CC.CCCCC. The van der Waals surface area contributed by atoms with Crippen LogP contribution in [0.25, 0.3) is 6.08 Å². The Balaban J connectivity index is 0.00000251. The molecule has 0 unspecified atom stereocenters. The molecule has 1 fully saturated rings.